The number of esters is 1. The summed E-state index contributed by atoms with van der Waals surface area (Å²) < 4.78 is 6.72. The molecule has 0 saturated carbocycles. The van der Waals surface area contributed by atoms with Crippen molar-refractivity contribution < 1.29 is 14.3 Å². The fourth-order valence-corrected chi connectivity index (χ4v) is 5.92. The molecule has 1 fully saturated rings. The monoisotopic (exact) mass is 521 g/mol. The fourth-order valence-electron chi connectivity index (χ4n) is 5.92. The Morgan fingerprint density at radius 2 is 1.74 bits per heavy atom. The van der Waals surface area contributed by atoms with Crippen molar-refractivity contribution in [3.05, 3.63) is 101 Å². The van der Waals surface area contributed by atoms with Gasteiger partial charge in [-0.3, -0.25) is 4.79 Å². The van der Waals surface area contributed by atoms with Gasteiger partial charge in [0.25, 0.3) is 5.91 Å². The van der Waals surface area contributed by atoms with E-state index in [2.05, 4.69) is 52.7 Å². The molecule has 1 aliphatic carbocycles. The number of fused-ring (bicyclic) bond motifs is 3. The van der Waals surface area contributed by atoms with E-state index >= 15 is 0 Å². The molecule has 0 bridgehead atoms. The first-order valence-corrected chi connectivity index (χ1v) is 13.4. The number of likely N-dealkylation sites (tertiary alicyclic amines) is 1. The molecule has 8 nitrogen and oxygen atoms in total. The van der Waals surface area contributed by atoms with Gasteiger partial charge in [-0.1, -0.05) is 60.7 Å². The van der Waals surface area contributed by atoms with Gasteiger partial charge in [0, 0.05) is 31.2 Å². The lowest BCUT2D eigenvalue weighted by atomic mass is 9.74. The Kier molecular flexibility index (Phi) is 6.38. The molecule has 0 atom stereocenters. The number of carbonyl (C=O) groups is 2. The van der Waals surface area contributed by atoms with E-state index in [1.54, 1.807) is 13.1 Å². The van der Waals surface area contributed by atoms with E-state index < -0.39 is 5.97 Å². The summed E-state index contributed by atoms with van der Waals surface area (Å²) in [5.74, 6) is -0.0868. The number of carbonyl (C=O) groups excluding carboxylic acids is 2. The van der Waals surface area contributed by atoms with E-state index in [0.717, 1.165) is 18.4 Å². The normalized spacial score (nSPS) is 15.7. The van der Waals surface area contributed by atoms with Crippen LogP contribution >= 0.6 is 0 Å². The van der Waals surface area contributed by atoms with Crippen molar-refractivity contribution in [2.24, 2.45) is 0 Å². The van der Waals surface area contributed by atoms with Crippen LogP contribution in [0.4, 0.5) is 5.82 Å². The molecule has 39 heavy (non-hydrogen) atoms. The highest BCUT2D eigenvalue weighted by Gasteiger charge is 2.41. The van der Waals surface area contributed by atoms with Gasteiger partial charge in [0.2, 0.25) is 0 Å². The molecule has 2 aliphatic rings. The second-order valence-electron chi connectivity index (χ2n) is 10.2. The fraction of sp³-hybridized carbons (Fsp3) is 0.290. The van der Waals surface area contributed by atoms with Crippen LogP contribution in [0.15, 0.2) is 73.1 Å². The molecule has 1 N–H and O–H groups in total. The summed E-state index contributed by atoms with van der Waals surface area (Å²) in [7, 11) is 0. The van der Waals surface area contributed by atoms with Crippen LogP contribution in [-0.4, -0.2) is 51.1 Å². The Hall–Kier alpha value is -4.46. The zero-order chi connectivity index (χ0) is 27.0. The maximum Gasteiger partial charge on any atom is 0.343 e. The second kappa shape index (κ2) is 10.0. The molecule has 1 spiro atoms. The third-order valence-corrected chi connectivity index (χ3v) is 7.88. The predicted molar refractivity (Wildman–Crippen MR) is 150 cm³/mol. The van der Waals surface area contributed by atoms with Gasteiger partial charge in [-0.2, -0.15) is 9.61 Å². The summed E-state index contributed by atoms with van der Waals surface area (Å²) in [4.78, 5) is 32.8. The van der Waals surface area contributed by atoms with Crippen molar-refractivity contribution in [3.63, 3.8) is 0 Å². The molecule has 198 valence electrons. The van der Waals surface area contributed by atoms with E-state index in [-0.39, 0.29) is 23.5 Å². The average Bonchev–Trinajstić information content (AvgIpc) is 3.52. The number of nitrogens with zero attached hydrogens (tertiary/aromatic N) is 4. The van der Waals surface area contributed by atoms with Crippen LogP contribution < -0.4 is 5.32 Å². The first-order valence-electron chi connectivity index (χ1n) is 13.4. The minimum Gasteiger partial charge on any atom is -0.462 e. The van der Waals surface area contributed by atoms with E-state index in [0.29, 0.717) is 36.7 Å². The summed E-state index contributed by atoms with van der Waals surface area (Å²) in [5.41, 5.74) is 6.06. The van der Waals surface area contributed by atoms with Crippen molar-refractivity contribution >= 4 is 28.9 Å². The lowest BCUT2D eigenvalue weighted by molar-refractivity contribution is 0.0528. The van der Waals surface area contributed by atoms with Gasteiger partial charge in [-0.25, -0.2) is 9.78 Å². The standard InChI is InChI=1S/C31H31N5O3/c1-3-39-30(38)25-20-34-36-27(32-18-22-9-5-4-6-10-22)24(19-33-28(25)36)29(37)35-15-13-31(14-16-35)17-21(2)23-11-7-8-12-26(23)31/h4-12,17,19-20,32H,3,13-16,18H2,1-2H3. The third kappa shape index (κ3) is 4.35. The molecule has 2 aromatic heterocycles. The number of allylic oxidation sites excluding steroid dienone is 2. The van der Waals surface area contributed by atoms with Crippen LogP contribution in [0.1, 0.15) is 64.1 Å². The summed E-state index contributed by atoms with van der Waals surface area (Å²) in [6.45, 7) is 5.94. The van der Waals surface area contributed by atoms with Crippen molar-refractivity contribution in [1.82, 2.24) is 19.5 Å². The first-order chi connectivity index (χ1) is 19.0. The highest BCUT2D eigenvalue weighted by Crippen LogP contribution is 2.47. The Morgan fingerprint density at radius 1 is 1.00 bits per heavy atom. The Balaban J connectivity index is 1.30. The largest absolute Gasteiger partial charge is 0.462 e. The maximum atomic E-state index is 13.9. The SMILES string of the molecule is CCOC(=O)c1cnn2c(NCc3ccccc3)c(C(=O)N3CCC4(C=C(C)c5ccccc54)CC3)cnc12. The number of piperidine rings is 1. The first kappa shape index (κ1) is 24.9. The molecule has 1 saturated heterocycles. The van der Waals surface area contributed by atoms with E-state index in [4.69, 9.17) is 4.74 Å². The number of aromatic nitrogens is 3. The number of anilines is 1. The number of rotatable bonds is 6. The van der Waals surface area contributed by atoms with E-state index in [1.807, 2.05) is 35.2 Å². The number of hydrogen-bond donors (Lipinski definition) is 1. The molecule has 4 aromatic rings. The summed E-state index contributed by atoms with van der Waals surface area (Å²) in [6.07, 6.45) is 7.11. The summed E-state index contributed by atoms with van der Waals surface area (Å²) in [6, 6.07) is 18.5. The van der Waals surface area contributed by atoms with Crippen LogP contribution in [0.25, 0.3) is 11.2 Å². The molecule has 1 amide bonds. The predicted octanol–water partition coefficient (Wildman–Crippen LogP) is 5.11. The van der Waals surface area contributed by atoms with E-state index in [9.17, 15) is 9.59 Å². The molecule has 2 aromatic carbocycles. The zero-order valence-corrected chi connectivity index (χ0v) is 22.2. The number of benzene rings is 2. The van der Waals surface area contributed by atoms with E-state index in [1.165, 1.54) is 27.4 Å². The molecule has 1 aliphatic heterocycles. The third-order valence-electron chi connectivity index (χ3n) is 7.88. The smallest absolute Gasteiger partial charge is 0.343 e. The Bertz CT molecular complexity index is 1580. The number of amides is 1. The van der Waals surface area contributed by atoms with Crippen molar-refractivity contribution in [2.45, 2.75) is 38.6 Å². The molecule has 8 heteroatoms. The van der Waals surface area contributed by atoms with Gasteiger partial charge in [-0.15, -0.1) is 0 Å². The van der Waals surface area contributed by atoms with Crippen LogP contribution in [0.3, 0.4) is 0 Å². The number of nitrogens with one attached hydrogen (secondary N) is 1. The topological polar surface area (TPSA) is 88.8 Å². The maximum absolute atomic E-state index is 13.9. The quantitative estimate of drug-likeness (QED) is 0.355. The van der Waals surface area contributed by atoms with Crippen molar-refractivity contribution in [1.29, 1.82) is 0 Å². The second-order valence-corrected chi connectivity index (χ2v) is 10.2. The highest BCUT2D eigenvalue weighted by atomic mass is 16.5. The lowest BCUT2D eigenvalue weighted by Crippen LogP contribution is -2.44. The van der Waals surface area contributed by atoms with Crippen molar-refractivity contribution in [3.8, 4) is 0 Å². The highest BCUT2D eigenvalue weighted by molar-refractivity contribution is 6.00. The minimum absolute atomic E-state index is 0.0232. The van der Waals surface area contributed by atoms with Crippen LogP contribution in [0, 0.1) is 0 Å². The van der Waals surface area contributed by atoms with Crippen LogP contribution in [0.5, 0.6) is 0 Å². The van der Waals surface area contributed by atoms with Gasteiger partial charge in [0.15, 0.2) is 5.65 Å². The van der Waals surface area contributed by atoms with Gasteiger partial charge in [0.1, 0.15) is 16.9 Å². The molecule has 6 rings (SSSR count). The van der Waals surface area contributed by atoms with Crippen LogP contribution in [-0.2, 0) is 16.7 Å². The molecule has 3 heterocycles. The van der Waals surface area contributed by atoms with Gasteiger partial charge < -0.3 is 15.0 Å². The Morgan fingerprint density at radius 3 is 2.51 bits per heavy atom. The Labute approximate surface area is 227 Å². The average molecular weight is 522 g/mol. The summed E-state index contributed by atoms with van der Waals surface area (Å²) >= 11 is 0. The van der Waals surface area contributed by atoms with Crippen LogP contribution in [0.2, 0.25) is 0 Å². The lowest BCUT2D eigenvalue weighted by Gasteiger charge is -2.39. The molecular weight excluding hydrogens is 490 g/mol. The van der Waals surface area contributed by atoms with Gasteiger partial charge >= 0.3 is 5.97 Å². The number of ether oxygens (including phenoxy) is 1. The molecule has 0 radical (unpaired) electrons. The number of hydrogen-bond acceptors (Lipinski definition) is 6. The minimum atomic E-state index is -0.491. The molecule has 0 unspecified atom stereocenters. The summed E-state index contributed by atoms with van der Waals surface area (Å²) in [5, 5.41) is 7.82. The zero-order valence-electron chi connectivity index (χ0n) is 22.2. The van der Waals surface area contributed by atoms with Gasteiger partial charge in [-0.05, 0) is 49.0 Å². The molecular formula is C31H31N5O3. The van der Waals surface area contributed by atoms with Gasteiger partial charge in [0.05, 0.1) is 12.8 Å². The van der Waals surface area contributed by atoms with Crippen molar-refractivity contribution in [2.75, 3.05) is 25.0 Å².